The number of carbonyl (C=O) groups excluding carboxylic acids is 1. The Hall–Kier alpha value is -2.43. The molecule has 0 aliphatic heterocycles. The molecule has 0 radical (unpaired) electrons. The smallest absolute Gasteiger partial charge is 0.191 e. The van der Waals surface area contributed by atoms with Gasteiger partial charge in [0.25, 0.3) is 0 Å². The normalized spacial score (nSPS) is 10.8. The molecule has 3 nitrogen and oxygen atoms in total. The summed E-state index contributed by atoms with van der Waals surface area (Å²) in [6.07, 6.45) is 0.556. The topological polar surface area (TPSA) is 35.5 Å². The van der Waals surface area contributed by atoms with Crippen LogP contribution in [0.3, 0.4) is 0 Å². The van der Waals surface area contributed by atoms with Gasteiger partial charge in [0.2, 0.25) is 0 Å². The molecule has 0 fully saturated rings. The van der Waals surface area contributed by atoms with Crippen molar-refractivity contribution in [3.8, 4) is 11.5 Å². The zero-order chi connectivity index (χ0) is 19.1. The van der Waals surface area contributed by atoms with E-state index in [-0.39, 0.29) is 18.8 Å². The van der Waals surface area contributed by atoms with E-state index in [1.54, 1.807) is 12.1 Å². The van der Waals surface area contributed by atoms with Crippen LogP contribution >= 0.6 is 0 Å². The second-order valence-corrected chi connectivity index (χ2v) is 6.73. The molecule has 0 aromatic heterocycles. The third-order valence-corrected chi connectivity index (χ3v) is 3.69. The minimum absolute atomic E-state index is 0.0225. The Kier molecular flexibility index (Phi) is 7.13. The van der Waals surface area contributed by atoms with Crippen LogP contribution in [0.2, 0.25) is 0 Å². The van der Waals surface area contributed by atoms with E-state index in [0.717, 1.165) is 5.56 Å². The second-order valence-electron chi connectivity index (χ2n) is 6.73. The maximum absolute atomic E-state index is 14.2. The van der Waals surface area contributed by atoms with Gasteiger partial charge in [-0.2, -0.15) is 0 Å². The summed E-state index contributed by atoms with van der Waals surface area (Å²) in [6.45, 7) is 6.18. The van der Waals surface area contributed by atoms with E-state index in [9.17, 15) is 13.6 Å². The van der Waals surface area contributed by atoms with Crippen LogP contribution in [-0.2, 0) is 17.8 Å². The first-order valence-electron chi connectivity index (χ1n) is 8.67. The van der Waals surface area contributed by atoms with Crippen molar-refractivity contribution in [2.75, 3.05) is 6.61 Å². The number of hydrogen-bond acceptors (Lipinski definition) is 3. The third-order valence-electron chi connectivity index (χ3n) is 3.69. The molecule has 0 unspecified atom stereocenters. The van der Waals surface area contributed by atoms with Crippen LogP contribution in [0.5, 0.6) is 11.5 Å². The van der Waals surface area contributed by atoms with Gasteiger partial charge in [0, 0.05) is 6.42 Å². The van der Waals surface area contributed by atoms with Crippen LogP contribution in [0.15, 0.2) is 36.4 Å². The number of ketones is 1. The summed E-state index contributed by atoms with van der Waals surface area (Å²) in [5, 5.41) is 0. The van der Waals surface area contributed by atoms with Gasteiger partial charge in [0.15, 0.2) is 17.4 Å². The highest BCUT2D eigenvalue weighted by Gasteiger charge is 2.13. The average Bonchev–Trinajstić information content (AvgIpc) is 2.58. The molecule has 2 rings (SSSR count). The number of halogens is 2. The van der Waals surface area contributed by atoms with Crippen LogP contribution in [-0.4, -0.2) is 12.4 Å². The SMILES string of the molecule is CC(=O)CCc1cc(F)c(OCc2cccc(OCC(C)C)c2)c(F)c1. The molecule has 140 valence electrons. The summed E-state index contributed by atoms with van der Waals surface area (Å²) in [7, 11) is 0. The molecule has 0 atom stereocenters. The van der Waals surface area contributed by atoms with Crippen LogP contribution in [0.25, 0.3) is 0 Å². The monoisotopic (exact) mass is 362 g/mol. The second kappa shape index (κ2) is 9.32. The van der Waals surface area contributed by atoms with Crippen LogP contribution in [0.1, 0.15) is 38.3 Å². The molecule has 0 aliphatic rings. The standard InChI is InChI=1S/C21H24F2O3/c1-14(2)12-25-18-6-4-5-17(9-18)13-26-21-19(22)10-16(11-20(21)23)8-7-15(3)24/h4-6,9-11,14H,7-8,12-13H2,1-3H3. The Labute approximate surface area is 152 Å². The lowest BCUT2D eigenvalue weighted by Crippen LogP contribution is -2.05. The quantitative estimate of drug-likeness (QED) is 0.622. The van der Waals surface area contributed by atoms with Gasteiger partial charge in [-0.25, -0.2) is 8.78 Å². The van der Waals surface area contributed by atoms with Crippen molar-refractivity contribution >= 4 is 5.78 Å². The lowest BCUT2D eigenvalue weighted by molar-refractivity contribution is -0.116. The van der Waals surface area contributed by atoms with Gasteiger partial charge >= 0.3 is 0 Å². The van der Waals surface area contributed by atoms with Crippen molar-refractivity contribution < 1.29 is 23.0 Å². The van der Waals surface area contributed by atoms with E-state index in [4.69, 9.17) is 9.47 Å². The number of hydrogen-bond donors (Lipinski definition) is 0. The molecule has 0 spiro atoms. The molecular formula is C21H24F2O3. The van der Waals surface area contributed by atoms with Gasteiger partial charge in [-0.1, -0.05) is 26.0 Å². The van der Waals surface area contributed by atoms with Gasteiger partial charge in [0.05, 0.1) is 6.61 Å². The molecule has 0 heterocycles. The predicted octanol–water partition coefficient (Wildman–Crippen LogP) is 5.10. The van der Waals surface area contributed by atoms with E-state index in [0.29, 0.717) is 30.3 Å². The summed E-state index contributed by atoms with van der Waals surface area (Å²) >= 11 is 0. The van der Waals surface area contributed by atoms with Gasteiger partial charge in [-0.05, 0) is 54.7 Å². The Balaban J connectivity index is 2.03. The Morgan fingerprint density at radius 1 is 1.04 bits per heavy atom. The highest BCUT2D eigenvalue weighted by Crippen LogP contribution is 2.25. The predicted molar refractivity (Wildman–Crippen MR) is 96.5 cm³/mol. The first kappa shape index (κ1) is 19.9. The maximum atomic E-state index is 14.2. The molecule has 26 heavy (non-hydrogen) atoms. The zero-order valence-corrected chi connectivity index (χ0v) is 15.4. The number of ether oxygens (including phenoxy) is 2. The van der Waals surface area contributed by atoms with Gasteiger partial charge in [0.1, 0.15) is 18.1 Å². The fourth-order valence-electron chi connectivity index (χ4n) is 2.36. The summed E-state index contributed by atoms with van der Waals surface area (Å²) < 4.78 is 39.3. The summed E-state index contributed by atoms with van der Waals surface area (Å²) in [5.74, 6) is -0.873. The first-order chi connectivity index (χ1) is 12.3. The Morgan fingerprint density at radius 2 is 1.73 bits per heavy atom. The van der Waals surface area contributed by atoms with Crippen LogP contribution < -0.4 is 9.47 Å². The van der Waals surface area contributed by atoms with E-state index in [1.165, 1.54) is 19.1 Å². The van der Waals surface area contributed by atoms with E-state index >= 15 is 0 Å². The highest BCUT2D eigenvalue weighted by atomic mass is 19.1. The lowest BCUT2D eigenvalue weighted by Gasteiger charge is -2.12. The van der Waals surface area contributed by atoms with E-state index in [2.05, 4.69) is 13.8 Å². The fraction of sp³-hybridized carbons (Fsp3) is 0.381. The summed E-state index contributed by atoms with van der Waals surface area (Å²) in [6, 6.07) is 9.66. The van der Waals surface area contributed by atoms with Crippen molar-refractivity contribution in [2.24, 2.45) is 5.92 Å². The molecule has 5 heteroatoms. The van der Waals surface area contributed by atoms with Crippen molar-refractivity contribution in [1.29, 1.82) is 0 Å². The Bertz CT molecular complexity index is 734. The van der Waals surface area contributed by atoms with Crippen molar-refractivity contribution in [1.82, 2.24) is 0 Å². The minimum atomic E-state index is -0.768. The van der Waals surface area contributed by atoms with E-state index in [1.807, 2.05) is 12.1 Å². The van der Waals surface area contributed by atoms with Crippen molar-refractivity contribution in [3.05, 3.63) is 59.2 Å². The molecule has 0 bridgehead atoms. The lowest BCUT2D eigenvalue weighted by atomic mass is 10.1. The third kappa shape index (κ3) is 6.14. The molecule has 0 saturated heterocycles. The molecule has 0 N–H and O–H groups in total. The molecule has 0 amide bonds. The molecule has 0 saturated carbocycles. The maximum Gasteiger partial charge on any atom is 0.191 e. The van der Waals surface area contributed by atoms with Crippen molar-refractivity contribution in [2.45, 2.75) is 40.2 Å². The largest absolute Gasteiger partial charge is 0.493 e. The fourth-order valence-corrected chi connectivity index (χ4v) is 2.36. The molecular weight excluding hydrogens is 338 g/mol. The number of Topliss-reactive ketones (excluding diaryl/α,β-unsaturated/α-hetero) is 1. The average molecular weight is 362 g/mol. The minimum Gasteiger partial charge on any atom is -0.493 e. The van der Waals surface area contributed by atoms with Crippen LogP contribution in [0.4, 0.5) is 8.78 Å². The summed E-state index contributed by atoms with van der Waals surface area (Å²) in [5.41, 5.74) is 1.19. The van der Waals surface area contributed by atoms with Gasteiger partial charge in [-0.3, -0.25) is 0 Å². The molecule has 2 aromatic rings. The molecule has 2 aromatic carbocycles. The van der Waals surface area contributed by atoms with Gasteiger partial charge < -0.3 is 14.3 Å². The van der Waals surface area contributed by atoms with Crippen molar-refractivity contribution in [3.63, 3.8) is 0 Å². The summed E-state index contributed by atoms with van der Waals surface area (Å²) in [4.78, 5) is 11.0. The highest BCUT2D eigenvalue weighted by molar-refractivity contribution is 5.75. The number of carbonyl (C=O) groups is 1. The van der Waals surface area contributed by atoms with Gasteiger partial charge in [-0.15, -0.1) is 0 Å². The van der Waals surface area contributed by atoms with E-state index < -0.39 is 17.4 Å². The first-order valence-corrected chi connectivity index (χ1v) is 8.67. The van der Waals surface area contributed by atoms with Crippen LogP contribution in [0, 0.1) is 17.6 Å². The number of rotatable bonds is 9. The number of aryl methyl sites for hydroxylation is 1. The zero-order valence-electron chi connectivity index (χ0n) is 15.4. The Morgan fingerprint density at radius 3 is 2.35 bits per heavy atom. The molecule has 0 aliphatic carbocycles. The number of benzene rings is 2.